The lowest BCUT2D eigenvalue weighted by molar-refractivity contribution is 0.0697. The van der Waals surface area contributed by atoms with Crippen LogP contribution >= 0.6 is 0 Å². The Balaban J connectivity index is 2.32. The van der Waals surface area contributed by atoms with Crippen LogP contribution in [0.5, 0.6) is 11.5 Å². The highest BCUT2D eigenvalue weighted by molar-refractivity contribution is 5.94. The Kier molecular flexibility index (Phi) is 3.89. The van der Waals surface area contributed by atoms with Crippen molar-refractivity contribution in [3.8, 4) is 11.5 Å². The van der Waals surface area contributed by atoms with Crippen molar-refractivity contribution in [1.82, 2.24) is 0 Å². The molecule has 0 aromatic heterocycles. The monoisotopic (exact) mass is 275 g/mol. The topological polar surface area (TPSA) is 72.5 Å². The van der Waals surface area contributed by atoms with E-state index in [1.807, 2.05) is 19.1 Å². The number of hydrogen-bond acceptors (Lipinski definition) is 3. The summed E-state index contributed by atoms with van der Waals surface area (Å²) in [5.74, 6) is -1.66. The number of hydrogen-bond donors (Lipinski definition) is 2. The van der Waals surface area contributed by atoms with Crippen molar-refractivity contribution < 1.29 is 19.0 Å². The van der Waals surface area contributed by atoms with Crippen molar-refractivity contribution in [1.29, 1.82) is 0 Å². The summed E-state index contributed by atoms with van der Waals surface area (Å²) in [5, 5.41) is 8.96. The van der Waals surface area contributed by atoms with Crippen molar-refractivity contribution in [3.05, 3.63) is 53.3 Å². The molecular weight excluding hydrogens is 261 g/mol. The predicted molar refractivity (Wildman–Crippen MR) is 73.7 cm³/mol. The third kappa shape index (κ3) is 2.88. The number of carbonyl (C=O) groups is 1. The minimum absolute atomic E-state index is 0.135. The van der Waals surface area contributed by atoms with E-state index in [1.165, 1.54) is 0 Å². The lowest BCUT2D eigenvalue weighted by Crippen LogP contribution is -2.04. The van der Waals surface area contributed by atoms with Crippen LogP contribution in [-0.4, -0.2) is 11.1 Å². The zero-order valence-corrected chi connectivity index (χ0v) is 10.9. The molecule has 104 valence electrons. The Morgan fingerprint density at radius 1 is 1.30 bits per heavy atom. The van der Waals surface area contributed by atoms with E-state index in [0.29, 0.717) is 5.75 Å². The Hall–Kier alpha value is -2.56. The number of benzene rings is 2. The first-order valence-electron chi connectivity index (χ1n) is 6.10. The van der Waals surface area contributed by atoms with Gasteiger partial charge in [0.15, 0.2) is 11.6 Å². The molecule has 0 amide bonds. The molecule has 0 bridgehead atoms. The van der Waals surface area contributed by atoms with Gasteiger partial charge in [-0.2, -0.15) is 0 Å². The molecule has 0 spiro atoms. The summed E-state index contributed by atoms with van der Waals surface area (Å²) in [6.07, 6.45) is 0.889. The maximum Gasteiger partial charge on any atom is 0.337 e. The Morgan fingerprint density at radius 2 is 1.95 bits per heavy atom. The van der Waals surface area contributed by atoms with E-state index in [2.05, 4.69) is 0 Å². The summed E-state index contributed by atoms with van der Waals surface area (Å²) in [5.41, 5.74) is 6.25. The molecule has 0 aliphatic heterocycles. The van der Waals surface area contributed by atoms with Gasteiger partial charge in [-0.3, -0.25) is 0 Å². The van der Waals surface area contributed by atoms with E-state index < -0.39 is 11.8 Å². The van der Waals surface area contributed by atoms with Gasteiger partial charge in [-0.15, -0.1) is 0 Å². The van der Waals surface area contributed by atoms with Crippen LogP contribution in [0.25, 0.3) is 0 Å². The minimum Gasteiger partial charge on any atom is -0.478 e. The predicted octanol–water partition coefficient (Wildman–Crippen LogP) is 3.46. The van der Waals surface area contributed by atoms with E-state index in [9.17, 15) is 9.18 Å². The van der Waals surface area contributed by atoms with Crippen LogP contribution < -0.4 is 10.5 Å². The Labute approximate surface area is 115 Å². The van der Waals surface area contributed by atoms with Crippen molar-refractivity contribution in [2.45, 2.75) is 13.3 Å². The largest absolute Gasteiger partial charge is 0.478 e. The fourth-order valence-corrected chi connectivity index (χ4v) is 1.75. The minimum atomic E-state index is -1.23. The molecule has 2 rings (SSSR count). The molecule has 0 aliphatic carbocycles. The average molecular weight is 275 g/mol. The second-order valence-corrected chi connectivity index (χ2v) is 4.27. The Bertz CT molecular complexity index is 638. The molecule has 3 N–H and O–H groups in total. The van der Waals surface area contributed by atoms with Crippen LogP contribution in [0.4, 0.5) is 10.1 Å². The molecule has 4 nitrogen and oxygen atoms in total. The number of halogens is 1. The average Bonchev–Trinajstić information content (AvgIpc) is 2.42. The normalized spacial score (nSPS) is 10.3. The van der Waals surface area contributed by atoms with E-state index >= 15 is 0 Å². The van der Waals surface area contributed by atoms with E-state index in [0.717, 1.165) is 24.1 Å². The van der Waals surface area contributed by atoms with Crippen LogP contribution in [0.3, 0.4) is 0 Å². The number of nitrogen functional groups attached to an aromatic ring is 1. The molecule has 0 saturated carbocycles. The smallest absolute Gasteiger partial charge is 0.337 e. The number of carboxylic acids is 1. The van der Waals surface area contributed by atoms with Crippen LogP contribution in [-0.2, 0) is 6.42 Å². The van der Waals surface area contributed by atoms with E-state index in [1.54, 1.807) is 12.1 Å². The molecule has 0 aliphatic rings. The van der Waals surface area contributed by atoms with Gasteiger partial charge in [0, 0.05) is 17.8 Å². The van der Waals surface area contributed by atoms with E-state index in [4.69, 9.17) is 15.6 Å². The Morgan fingerprint density at radius 3 is 2.50 bits per heavy atom. The van der Waals surface area contributed by atoms with Gasteiger partial charge in [0.1, 0.15) is 5.75 Å². The van der Waals surface area contributed by atoms with Crippen molar-refractivity contribution >= 4 is 11.7 Å². The van der Waals surface area contributed by atoms with Crippen molar-refractivity contribution in [2.75, 3.05) is 5.73 Å². The van der Waals surface area contributed by atoms with Gasteiger partial charge in [0.25, 0.3) is 0 Å². The lowest BCUT2D eigenvalue weighted by Gasteiger charge is -2.09. The highest BCUT2D eigenvalue weighted by Gasteiger charge is 2.14. The van der Waals surface area contributed by atoms with Crippen LogP contribution in [0.1, 0.15) is 22.8 Å². The molecule has 0 atom stereocenters. The fourth-order valence-electron chi connectivity index (χ4n) is 1.75. The molecule has 2 aromatic carbocycles. The fraction of sp³-hybridized carbons (Fsp3) is 0.133. The highest BCUT2D eigenvalue weighted by atomic mass is 19.1. The first kappa shape index (κ1) is 13.9. The molecule has 0 fully saturated rings. The summed E-state index contributed by atoms with van der Waals surface area (Å²) in [6.45, 7) is 2.02. The molecule has 5 heteroatoms. The van der Waals surface area contributed by atoms with Crippen LogP contribution in [0.2, 0.25) is 0 Å². The third-order valence-electron chi connectivity index (χ3n) is 2.89. The SMILES string of the molecule is CCc1ccc(Oc2cc(C(=O)O)c(N)cc2F)cc1. The van der Waals surface area contributed by atoms with Gasteiger partial charge in [-0.25, -0.2) is 9.18 Å². The number of anilines is 1. The standard InChI is InChI=1S/C15H14FNO3/c1-2-9-3-5-10(6-4-9)20-14-7-11(15(18)19)13(17)8-12(14)16/h3-8H,2,17H2,1H3,(H,18,19). The van der Waals surface area contributed by atoms with Crippen LogP contribution in [0, 0.1) is 5.82 Å². The molecule has 2 aromatic rings. The second kappa shape index (κ2) is 5.61. The van der Waals surface area contributed by atoms with Gasteiger partial charge in [-0.05, 0) is 24.1 Å². The van der Waals surface area contributed by atoms with E-state index in [-0.39, 0.29) is 17.0 Å². The molecule has 0 unspecified atom stereocenters. The summed E-state index contributed by atoms with van der Waals surface area (Å²) in [7, 11) is 0. The van der Waals surface area contributed by atoms with Gasteiger partial charge in [0.05, 0.1) is 5.56 Å². The maximum absolute atomic E-state index is 13.7. The van der Waals surface area contributed by atoms with Gasteiger partial charge >= 0.3 is 5.97 Å². The zero-order valence-electron chi connectivity index (χ0n) is 10.9. The van der Waals surface area contributed by atoms with Crippen LogP contribution in [0.15, 0.2) is 36.4 Å². The summed E-state index contributed by atoms with van der Waals surface area (Å²) in [4.78, 5) is 11.0. The lowest BCUT2D eigenvalue weighted by atomic mass is 10.1. The number of rotatable bonds is 4. The number of carboxylic acid groups (broad SMARTS) is 1. The highest BCUT2D eigenvalue weighted by Crippen LogP contribution is 2.28. The number of nitrogens with two attached hydrogens (primary N) is 1. The molecule has 20 heavy (non-hydrogen) atoms. The first-order valence-corrected chi connectivity index (χ1v) is 6.10. The zero-order chi connectivity index (χ0) is 14.7. The van der Waals surface area contributed by atoms with Gasteiger partial charge < -0.3 is 15.6 Å². The summed E-state index contributed by atoms with van der Waals surface area (Å²) >= 11 is 0. The second-order valence-electron chi connectivity index (χ2n) is 4.27. The quantitative estimate of drug-likeness (QED) is 0.838. The van der Waals surface area contributed by atoms with Crippen molar-refractivity contribution in [2.24, 2.45) is 0 Å². The van der Waals surface area contributed by atoms with Crippen molar-refractivity contribution in [3.63, 3.8) is 0 Å². The molecule has 0 radical (unpaired) electrons. The molecule has 0 heterocycles. The number of ether oxygens (including phenoxy) is 1. The molecular formula is C15H14FNO3. The summed E-state index contributed by atoms with van der Waals surface area (Å²) in [6, 6.07) is 9.16. The summed E-state index contributed by atoms with van der Waals surface area (Å²) < 4.78 is 19.1. The number of aryl methyl sites for hydroxylation is 1. The van der Waals surface area contributed by atoms with Gasteiger partial charge in [-0.1, -0.05) is 19.1 Å². The molecule has 0 saturated heterocycles. The van der Waals surface area contributed by atoms with Gasteiger partial charge in [0.2, 0.25) is 0 Å². The maximum atomic E-state index is 13.7. The first-order chi connectivity index (χ1) is 9.51. The number of aromatic carboxylic acids is 1. The third-order valence-corrected chi connectivity index (χ3v) is 2.89.